The van der Waals surface area contributed by atoms with Gasteiger partial charge in [-0.2, -0.15) is 0 Å². The van der Waals surface area contributed by atoms with Gasteiger partial charge in [-0.25, -0.2) is 4.79 Å². The van der Waals surface area contributed by atoms with E-state index in [0.717, 1.165) is 19.2 Å². The molecular formula is C19H19BrN6O4. The maximum atomic E-state index is 12.5. The molecule has 1 aromatic carbocycles. The number of hydrogen-bond acceptors (Lipinski definition) is 7. The van der Waals surface area contributed by atoms with Gasteiger partial charge in [0.25, 0.3) is 5.56 Å². The quantitative estimate of drug-likeness (QED) is 0.537. The first-order chi connectivity index (χ1) is 14.2. The van der Waals surface area contributed by atoms with E-state index in [9.17, 15) is 14.4 Å². The fourth-order valence-corrected chi connectivity index (χ4v) is 3.10. The lowest BCUT2D eigenvalue weighted by Crippen LogP contribution is -2.42. The van der Waals surface area contributed by atoms with Gasteiger partial charge in [0, 0.05) is 37.2 Å². The molecule has 2 aromatic heterocycles. The zero-order valence-corrected chi connectivity index (χ0v) is 18.1. The van der Waals surface area contributed by atoms with Crippen molar-refractivity contribution < 1.29 is 9.32 Å². The molecule has 30 heavy (non-hydrogen) atoms. The molecule has 0 bridgehead atoms. The zero-order chi connectivity index (χ0) is 22.0. The SMILES string of the molecule is CN=C(CC(=O)Nc1cc(-c2ccc(Br)cc2)on1)c1c(N)n(C)c(=O)n(C)c1=O. The molecule has 0 saturated heterocycles. The van der Waals surface area contributed by atoms with Crippen molar-refractivity contribution in [3.8, 4) is 11.3 Å². The number of anilines is 2. The van der Waals surface area contributed by atoms with Gasteiger partial charge in [0.15, 0.2) is 11.6 Å². The van der Waals surface area contributed by atoms with Gasteiger partial charge in [-0.3, -0.25) is 23.7 Å². The van der Waals surface area contributed by atoms with Crippen LogP contribution in [-0.2, 0) is 18.9 Å². The first kappa shape index (κ1) is 21.2. The number of hydrogen-bond donors (Lipinski definition) is 2. The second-order valence-corrected chi connectivity index (χ2v) is 7.36. The van der Waals surface area contributed by atoms with Crippen molar-refractivity contribution in [2.45, 2.75) is 6.42 Å². The molecule has 0 aliphatic heterocycles. The highest BCUT2D eigenvalue weighted by Crippen LogP contribution is 2.24. The predicted octanol–water partition coefficient (Wildman–Crippen LogP) is 1.53. The number of carbonyl (C=O) groups is 1. The van der Waals surface area contributed by atoms with E-state index in [2.05, 4.69) is 31.4 Å². The summed E-state index contributed by atoms with van der Waals surface area (Å²) < 4.78 is 8.23. The topological polar surface area (TPSA) is 138 Å². The molecule has 0 spiro atoms. The number of nitrogens with one attached hydrogen (secondary N) is 1. The third-order valence-electron chi connectivity index (χ3n) is 4.50. The van der Waals surface area contributed by atoms with Crippen molar-refractivity contribution in [3.63, 3.8) is 0 Å². The van der Waals surface area contributed by atoms with E-state index in [1.165, 1.54) is 21.1 Å². The average molecular weight is 475 g/mol. The number of halogens is 1. The number of aromatic nitrogens is 3. The Labute approximate surface area is 179 Å². The summed E-state index contributed by atoms with van der Waals surface area (Å²) >= 11 is 3.36. The van der Waals surface area contributed by atoms with E-state index < -0.39 is 17.2 Å². The van der Waals surface area contributed by atoms with E-state index in [0.29, 0.717) is 5.76 Å². The van der Waals surface area contributed by atoms with Crippen LogP contribution in [-0.4, -0.2) is 33.0 Å². The highest BCUT2D eigenvalue weighted by molar-refractivity contribution is 9.10. The minimum atomic E-state index is -0.622. The van der Waals surface area contributed by atoms with Crippen LogP contribution < -0.4 is 22.3 Å². The Balaban J connectivity index is 1.80. The molecule has 3 aromatic rings. The van der Waals surface area contributed by atoms with Crippen molar-refractivity contribution in [1.82, 2.24) is 14.3 Å². The number of rotatable bonds is 5. The van der Waals surface area contributed by atoms with Gasteiger partial charge in [-0.1, -0.05) is 33.2 Å². The number of nitrogens with two attached hydrogens (primary N) is 1. The number of nitrogen functional groups attached to an aromatic ring is 1. The van der Waals surface area contributed by atoms with Gasteiger partial charge in [0.2, 0.25) is 5.91 Å². The summed E-state index contributed by atoms with van der Waals surface area (Å²) in [5, 5.41) is 6.45. The molecule has 3 N–H and O–H groups in total. The van der Waals surface area contributed by atoms with Crippen molar-refractivity contribution in [1.29, 1.82) is 0 Å². The second-order valence-electron chi connectivity index (χ2n) is 6.44. The van der Waals surface area contributed by atoms with Crippen LogP contribution in [0.5, 0.6) is 0 Å². The summed E-state index contributed by atoms with van der Waals surface area (Å²) in [6.07, 6.45) is -0.241. The summed E-state index contributed by atoms with van der Waals surface area (Å²) in [5.74, 6) is 0.171. The third kappa shape index (κ3) is 4.10. The van der Waals surface area contributed by atoms with Crippen molar-refractivity contribution >= 4 is 39.2 Å². The fraction of sp³-hybridized carbons (Fsp3) is 0.211. The van der Waals surface area contributed by atoms with Crippen LogP contribution >= 0.6 is 15.9 Å². The molecule has 0 fully saturated rings. The Morgan fingerprint density at radius 1 is 1.23 bits per heavy atom. The molecule has 10 nitrogen and oxygen atoms in total. The molecule has 0 unspecified atom stereocenters. The molecule has 11 heteroatoms. The summed E-state index contributed by atoms with van der Waals surface area (Å²) in [4.78, 5) is 41.0. The summed E-state index contributed by atoms with van der Waals surface area (Å²) in [6, 6.07) is 8.99. The molecule has 0 saturated carbocycles. The van der Waals surface area contributed by atoms with Gasteiger partial charge < -0.3 is 15.6 Å². The molecule has 156 valence electrons. The largest absolute Gasteiger partial charge is 0.384 e. The van der Waals surface area contributed by atoms with Gasteiger partial charge in [-0.15, -0.1) is 0 Å². The van der Waals surface area contributed by atoms with Crippen molar-refractivity contribution in [3.05, 3.63) is 61.2 Å². The number of carbonyl (C=O) groups excluding carboxylic acids is 1. The zero-order valence-electron chi connectivity index (χ0n) is 16.5. The Kier molecular flexibility index (Phi) is 6.01. The number of benzene rings is 1. The molecule has 1 amide bonds. The van der Waals surface area contributed by atoms with Crippen LogP contribution in [0.15, 0.2) is 53.9 Å². The summed E-state index contributed by atoms with van der Waals surface area (Å²) in [7, 11) is 4.21. The van der Waals surface area contributed by atoms with E-state index in [4.69, 9.17) is 10.3 Å². The van der Waals surface area contributed by atoms with E-state index in [1.54, 1.807) is 6.07 Å². The number of nitrogens with zero attached hydrogens (tertiary/aromatic N) is 4. The van der Waals surface area contributed by atoms with Gasteiger partial charge >= 0.3 is 5.69 Å². The van der Waals surface area contributed by atoms with E-state index >= 15 is 0 Å². The lowest BCUT2D eigenvalue weighted by atomic mass is 10.1. The molecule has 2 heterocycles. The number of amides is 1. The first-order valence-electron chi connectivity index (χ1n) is 8.77. The van der Waals surface area contributed by atoms with Crippen LogP contribution in [0, 0.1) is 0 Å². The minimum absolute atomic E-state index is 0.00737. The predicted molar refractivity (Wildman–Crippen MR) is 117 cm³/mol. The average Bonchev–Trinajstić information content (AvgIpc) is 3.18. The third-order valence-corrected chi connectivity index (χ3v) is 5.03. The van der Waals surface area contributed by atoms with Gasteiger partial charge in [0.05, 0.1) is 12.1 Å². The van der Waals surface area contributed by atoms with E-state index in [-0.39, 0.29) is 29.3 Å². The maximum Gasteiger partial charge on any atom is 0.332 e. The minimum Gasteiger partial charge on any atom is -0.384 e. The molecule has 0 aliphatic rings. The van der Waals surface area contributed by atoms with Crippen LogP contribution in [0.1, 0.15) is 12.0 Å². The molecular weight excluding hydrogens is 456 g/mol. The Hall–Kier alpha value is -3.47. The Bertz CT molecular complexity index is 1250. The standard InChI is InChI=1S/C19H19BrN6O4/c1-22-12(16-17(21)25(2)19(29)26(3)18(16)28)8-15(27)23-14-9-13(30-24-14)10-4-6-11(20)7-5-10/h4-7,9H,8,21H2,1-3H3,(H,23,24,27). The Morgan fingerprint density at radius 2 is 1.90 bits per heavy atom. The van der Waals surface area contributed by atoms with Gasteiger partial charge in [0.1, 0.15) is 11.4 Å². The van der Waals surface area contributed by atoms with Crippen LogP contribution in [0.4, 0.5) is 11.6 Å². The second kappa shape index (κ2) is 8.49. The molecule has 0 aliphatic carbocycles. The van der Waals surface area contributed by atoms with Crippen LogP contribution in [0.2, 0.25) is 0 Å². The molecule has 3 rings (SSSR count). The van der Waals surface area contributed by atoms with Gasteiger partial charge in [-0.05, 0) is 12.1 Å². The normalized spacial score (nSPS) is 11.5. The summed E-state index contributed by atoms with van der Waals surface area (Å²) in [5.41, 5.74) is 5.71. The molecule has 0 radical (unpaired) electrons. The first-order valence-corrected chi connectivity index (χ1v) is 9.56. The van der Waals surface area contributed by atoms with Crippen LogP contribution in [0.25, 0.3) is 11.3 Å². The fourth-order valence-electron chi connectivity index (χ4n) is 2.83. The highest BCUT2D eigenvalue weighted by atomic mass is 79.9. The number of aliphatic imine (C=N–C) groups is 1. The monoisotopic (exact) mass is 474 g/mol. The smallest absolute Gasteiger partial charge is 0.332 e. The summed E-state index contributed by atoms with van der Waals surface area (Å²) in [6.45, 7) is 0. The maximum absolute atomic E-state index is 12.5. The Morgan fingerprint density at radius 3 is 2.53 bits per heavy atom. The van der Waals surface area contributed by atoms with Crippen LogP contribution in [0.3, 0.4) is 0 Å². The van der Waals surface area contributed by atoms with E-state index in [1.807, 2.05) is 24.3 Å². The lowest BCUT2D eigenvalue weighted by molar-refractivity contribution is -0.115. The van der Waals surface area contributed by atoms with Crippen molar-refractivity contribution in [2.75, 3.05) is 18.1 Å². The molecule has 0 atom stereocenters. The lowest BCUT2D eigenvalue weighted by Gasteiger charge is -2.13. The highest BCUT2D eigenvalue weighted by Gasteiger charge is 2.21. The van der Waals surface area contributed by atoms with Crippen molar-refractivity contribution in [2.24, 2.45) is 19.1 Å².